The van der Waals surface area contributed by atoms with Crippen LogP contribution < -0.4 is 5.32 Å². The summed E-state index contributed by atoms with van der Waals surface area (Å²) in [5.74, 6) is -0.429. The summed E-state index contributed by atoms with van der Waals surface area (Å²) in [5, 5.41) is 4.86. The number of rotatable bonds is 5. The molecule has 0 fully saturated rings. The first kappa shape index (κ1) is 17.5. The zero-order chi connectivity index (χ0) is 18.0. The Bertz CT molecular complexity index is 1030. The van der Waals surface area contributed by atoms with Crippen LogP contribution in [0.2, 0.25) is 0 Å². The maximum Gasteiger partial charge on any atom is 0.243 e. The Labute approximate surface area is 150 Å². The van der Waals surface area contributed by atoms with Gasteiger partial charge in [0.1, 0.15) is 0 Å². The Hall–Kier alpha value is -2.29. The maximum atomic E-state index is 12.7. The molecule has 1 aromatic heterocycles. The van der Waals surface area contributed by atoms with Crippen molar-refractivity contribution in [3.63, 3.8) is 0 Å². The number of fused-ring (bicyclic) bond motifs is 1. The van der Waals surface area contributed by atoms with Crippen LogP contribution in [0.15, 0.2) is 53.6 Å². The van der Waals surface area contributed by atoms with Gasteiger partial charge in [-0.2, -0.15) is 4.31 Å². The molecule has 3 aromatic rings. The number of sulfonamides is 1. The number of nitrogens with one attached hydrogen (secondary N) is 1. The van der Waals surface area contributed by atoms with Gasteiger partial charge in [-0.3, -0.25) is 4.79 Å². The number of likely N-dealkylation sites (N-methyl/N-ethyl adjacent to an activating group) is 1. The Morgan fingerprint density at radius 1 is 1.20 bits per heavy atom. The molecule has 1 heterocycles. The number of aromatic nitrogens is 1. The van der Waals surface area contributed by atoms with E-state index in [1.807, 2.05) is 31.2 Å². The minimum Gasteiger partial charge on any atom is -0.301 e. The molecule has 1 N–H and O–H groups in total. The van der Waals surface area contributed by atoms with E-state index in [1.54, 1.807) is 24.4 Å². The summed E-state index contributed by atoms with van der Waals surface area (Å²) in [6.07, 6.45) is 1.65. The summed E-state index contributed by atoms with van der Waals surface area (Å²) in [4.78, 5) is 17.2. The summed E-state index contributed by atoms with van der Waals surface area (Å²) in [5.41, 5.74) is 0. The van der Waals surface area contributed by atoms with Crippen LogP contribution >= 0.6 is 11.3 Å². The van der Waals surface area contributed by atoms with Gasteiger partial charge < -0.3 is 5.32 Å². The van der Waals surface area contributed by atoms with Gasteiger partial charge in [0.2, 0.25) is 15.9 Å². The molecule has 0 radical (unpaired) electrons. The predicted octanol–water partition coefficient (Wildman–Crippen LogP) is 2.86. The average Bonchev–Trinajstić information content (AvgIpc) is 2.98. The molecule has 8 heteroatoms. The Balaban J connectivity index is 1.76. The third-order valence-electron chi connectivity index (χ3n) is 3.66. The van der Waals surface area contributed by atoms with E-state index in [0.717, 1.165) is 20.0 Å². The van der Waals surface area contributed by atoms with Crippen molar-refractivity contribution < 1.29 is 13.2 Å². The van der Waals surface area contributed by atoms with E-state index < -0.39 is 15.9 Å². The van der Waals surface area contributed by atoms with Gasteiger partial charge in [0.05, 0.1) is 11.4 Å². The number of anilines is 1. The molecular weight excluding hydrogens is 358 g/mol. The van der Waals surface area contributed by atoms with Crippen molar-refractivity contribution in [1.29, 1.82) is 0 Å². The number of amides is 1. The topological polar surface area (TPSA) is 79.4 Å². The van der Waals surface area contributed by atoms with Crippen molar-refractivity contribution in [2.24, 2.45) is 0 Å². The lowest BCUT2D eigenvalue weighted by Crippen LogP contribution is -2.34. The molecule has 1 amide bonds. The van der Waals surface area contributed by atoms with Crippen LogP contribution in [-0.4, -0.2) is 37.2 Å². The molecule has 130 valence electrons. The fraction of sp³-hybridized carbons (Fsp3) is 0.176. The van der Waals surface area contributed by atoms with Gasteiger partial charge in [-0.1, -0.05) is 30.3 Å². The molecule has 0 aliphatic carbocycles. The van der Waals surface area contributed by atoms with Gasteiger partial charge >= 0.3 is 0 Å². The molecule has 0 aliphatic rings. The van der Waals surface area contributed by atoms with Crippen molar-refractivity contribution in [2.75, 3.05) is 18.9 Å². The highest BCUT2D eigenvalue weighted by molar-refractivity contribution is 7.89. The summed E-state index contributed by atoms with van der Waals surface area (Å²) in [7, 11) is -2.37. The maximum absolute atomic E-state index is 12.7. The third kappa shape index (κ3) is 3.87. The number of thiazole rings is 1. The zero-order valence-corrected chi connectivity index (χ0v) is 15.4. The zero-order valence-electron chi connectivity index (χ0n) is 13.8. The molecule has 0 atom stereocenters. The van der Waals surface area contributed by atoms with Gasteiger partial charge in [-0.15, -0.1) is 11.3 Å². The number of nitrogens with zero attached hydrogens (tertiary/aromatic N) is 2. The molecule has 0 spiro atoms. The number of aryl methyl sites for hydroxylation is 1. The first-order valence-electron chi connectivity index (χ1n) is 7.54. The standard InChI is InChI=1S/C17H17N3O3S2/c1-12-10-18-17(24-12)19-16(21)11-20(2)25(22,23)15-8-7-13-5-3-4-6-14(13)9-15/h3-10H,11H2,1-2H3,(H,18,19,21). The van der Waals surface area contributed by atoms with E-state index in [2.05, 4.69) is 10.3 Å². The van der Waals surface area contributed by atoms with E-state index in [1.165, 1.54) is 18.4 Å². The summed E-state index contributed by atoms with van der Waals surface area (Å²) < 4.78 is 26.4. The van der Waals surface area contributed by atoms with Crippen molar-refractivity contribution in [3.8, 4) is 0 Å². The normalized spacial score (nSPS) is 11.8. The first-order chi connectivity index (χ1) is 11.9. The van der Waals surface area contributed by atoms with E-state index >= 15 is 0 Å². The van der Waals surface area contributed by atoms with Crippen LogP contribution in [0.3, 0.4) is 0 Å². The molecule has 0 saturated heterocycles. The lowest BCUT2D eigenvalue weighted by molar-refractivity contribution is -0.116. The van der Waals surface area contributed by atoms with E-state index in [-0.39, 0.29) is 11.4 Å². The van der Waals surface area contributed by atoms with Crippen molar-refractivity contribution >= 4 is 43.2 Å². The lowest BCUT2D eigenvalue weighted by Gasteiger charge is -2.16. The fourth-order valence-corrected chi connectivity index (χ4v) is 4.21. The van der Waals surface area contributed by atoms with E-state index in [9.17, 15) is 13.2 Å². The Morgan fingerprint density at radius 2 is 1.92 bits per heavy atom. The number of hydrogen-bond acceptors (Lipinski definition) is 5. The molecule has 25 heavy (non-hydrogen) atoms. The van der Waals surface area contributed by atoms with Gasteiger partial charge in [-0.25, -0.2) is 13.4 Å². The summed E-state index contributed by atoms with van der Waals surface area (Å²) >= 11 is 1.34. The largest absolute Gasteiger partial charge is 0.301 e. The summed E-state index contributed by atoms with van der Waals surface area (Å²) in [6.45, 7) is 1.59. The molecule has 0 unspecified atom stereocenters. The Kier molecular flexibility index (Phi) is 4.85. The van der Waals surface area contributed by atoms with Crippen LogP contribution in [0.4, 0.5) is 5.13 Å². The van der Waals surface area contributed by atoms with Crippen LogP contribution in [0, 0.1) is 6.92 Å². The number of hydrogen-bond donors (Lipinski definition) is 1. The second-order valence-corrected chi connectivity index (χ2v) is 8.87. The monoisotopic (exact) mass is 375 g/mol. The van der Waals surface area contributed by atoms with Crippen molar-refractivity contribution in [2.45, 2.75) is 11.8 Å². The predicted molar refractivity (Wildman–Crippen MR) is 99.2 cm³/mol. The number of carbonyl (C=O) groups is 1. The van der Waals surface area contributed by atoms with Crippen molar-refractivity contribution in [3.05, 3.63) is 53.5 Å². The van der Waals surface area contributed by atoms with Gasteiger partial charge in [0.25, 0.3) is 0 Å². The molecule has 0 saturated carbocycles. The second kappa shape index (κ2) is 6.91. The molecule has 0 bridgehead atoms. The minimum atomic E-state index is -3.76. The molecule has 0 aliphatic heterocycles. The average molecular weight is 375 g/mol. The van der Waals surface area contributed by atoms with E-state index in [0.29, 0.717) is 5.13 Å². The third-order valence-corrected chi connectivity index (χ3v) is 6.29. The first-order valence-corrected chi connectivity index (χ1v) is 9.79. The highest BCUT2D eigenvalue weighted by Crippen LogP contribution is 2.21. The van der Waals surface area contributed by atoms with Gasteiger partial charge in [0, 0.05) is 18.1 Å². The number of benzene rings is 2. The fourth-order valence-electron chi connectivity index (χ4n) is 2.37. The molecule has 3 rings (SSSR count). The Morgan fingerprint density at radius 3 is 2.60 bits per heavy atom. The molecule has 6 nitrogen and oxygen atoms in total. The minimum absolute atomic E-state index is 0.159. The van der Waals surface area contributed by atoms with Gasteiger partial charge in [-0.05, 0) is 29.8 Å². The van der Waals surface area contributed by atoms with E-state index in [4.69, 9.17) is 0 Å². The van der Waals surface area contributed by atoms with Crippen LogP contribution in [0.1, 0.15) is 4.88 Å². The molecular formula is C17H17N3O3S2. The van der Waals surface area contributed by atoms with Crippen molar-refractivity contribution in [1.82, 2.24) is 9.29 Å². The summed E-state index contributed by atoms with van der Waals surface area (Å²) in [6, 6.07) is 12.4. The van der Waals surface area contributed by atoms with Gasteiger partial charge in [0.15, 0.2) is 5.13 Å². The van der Waals surface area contributed by atoms with Crippen LogP contribution in [0.25, 0.3) is 10.8 Å². The number of carbonyl (C=O) groups excluding carboxylic acids is 1. The smallest absolute Gasteiger partial charge is 0.243 e. The van der Waals surface area contributed by atoms with Crippen LogP contribution in [-0.2, 0) is 14.8 Å². The molecule has 2 aromatic carbocycles. The highest BCUT2D eigenvalue weighted by Gasteiger charge is 2.23. The lowest BCUT2D eigenvalue weighted by atomic mass is 10.1. The quantitative estimate of drug-likeness (QED) is 0.744. The second-order valence-electron chi connectivity index (χ2n) is 5.59. The highest BCUT2D eigenvalue weighted by atomic mass is 32.2. The van der Waals surface area contributed by atoms with Crippen LogP contribution in [0.5, 0.6) is 0 Å². The SMILES string of the molecule is Cc1cnc(NC(=O)CN(C)S(=O)(=O)c2ccc3ccccc3c2)s1.